The normalized spacial score (nSPS) is 14.2. The highest BCUT2D eigenvalue weighted by Gasteiger charge is 2.28. The van der Waals surface area contributed by atoms with Gasteiger partial charge < -0.3 is 14.8 Å². The number of carbonyl (C=O) groups is 3. The minimum atomic E-state index is -0.928. The molecule has 0 aromatic carbocycles. The average Bonchev–Trinajstić information content (AvgIpc) is 2.21. The Hall–Kier alpha value is -1.24. The first kappa shape index (κ1) is 17.8. The summed E-state index contributed by atoms with van der Waals surface area (Å²) in [4.78, 5) is 34.3. The maximum Gasteiger partial charge on any atom is 0.408 e. The van der Waals surface area contributed by atoms with Crippen molar-refractivity contribution in [2.24, 2.45) is 0 Å². The molecule has 0 aliphatic rings. The molecule has 1 N–H and O–H groups in total. The molecule has 2 atom stereocenters. The maximum atomic E-state index is 11.9. The SMILES string of the molecule is CS[C@H](OC(C)=O)C(=O)[C@H](C)NC(=O)OC(C)(C)C. The Morgan fingerprint density at radius 1 is 1.21 bits per heavy atom. The number of esters is 1. The molecule has 0 aromatic heterocycles. The molecule has 0 saturated carbocycles. The molecule has 0 unspecified atom stereocenters. The van der Waals surface area contributed by atoms with Gasteiger partial charge in [0.1, 0.15) is 5.60 Å². The third kappa shape index (κ3) is 7.71. The van der Waals surface area contributed by atoms with Crippen LogP contribution in [-0.4, -0.2) is 41.2 Å². The van der Waals surface area contributed by atoms with Crippen LogP contribution < -0.4 is 5.32 Å². The molecule has 6 nitrogen and oxygen atoms in total. The van der Waals surface area contributed by atoms with Crippen molar-refractivity contribution in [3.63, 3.8) is 0 Å². The standard InChI is InChI=1S/C12H21NO5S/c1-7(13-11(16)18-12(3,4)5)9(15)10(19-6)17-8(2)14/h7,10H,1-6H3,(H,13,16)/t7-,10-/m0/s1. The largest absolute Gasteiger partial charge is 0.444 e. The fourth-order valence-corrected chi connectivity index (χ4v) is 1.80. The first-order valence-electron chi connectivity index (χ1n) is 5.80. The molecule has 0 aliphatic carbocycles. The van der Waals surface area contributed by atoms with Crippen LogP contribution in [0.15, 0.2) is 0 Å². The molecule has 0 spiro atoms. The highest BCUT2D eigenvalue weighted by molar-refractivity contribution is 7.99. The fourth-order valence-electron chi connectivity index (χ4n) is 1.13. The lowest BCUT2D eigenvalue weighted by atomic mass is 10.2. The van der Waals surface area contributed by atoms with Crippen molar-refractivity contribution in [1.82, 2.24) is 5.32 Å². The van der Waals surface area contributed by atoms with E-state index in [9.17, 15) is 14.4 Å². The predicted octanol–water partition coefficient (Wildman–Crippen LogP) is 1.72. The van der Waals surface area contributed by atoms with Gasteiger partial charge in [0.05, 0.1) is 6.04 Å². The highest BCUT2D eigenvalue weighted by Crippen LogP contribution is 2.13. The first-order chi connectivity index (χ1) is 8.56. The summed E-state index contributed by atoms with van der Waals surface area (Å²) in [5.74, 6) is -0.939. The second-order valence-corrected chi connectivity index (χ2v) is 5.85. The Morgan fingerprint density at radius 3 is 2.11 bits per heavy atom. The summed E-state index contributed by atoms with van der Waals surface area (Å²) in [6.45, 7) is 7.91. The third-order valence-corrected chi connectivity index (χ3v) is 2.64. The van der Waals surface area contributed by atoms with E-state index in [4.69, 9.17) is 9.47 Å². The van der Waals surface area contributed by atoms with Crippen LogP contribution in [0.4, 0.5) is 4.79 Å². The summed E-state index contributed by atoms with van der Waals surface area (Å²) in [6, 6.07) is -0.799. The van der Waals surface area contributed by atoms with E-state index in [0.29, 0.717) is 0 Å². The molecule has 1 amide bonds. The Morgan fingerprint density at radius 2 is 1.74 bits per heavy atom. The van der Waals surface area contributed by atoms with Crippen LogP contribution in [0.25, 0.3) is 0 Å². The number of amides is 1. The van der Waals surface area contributed by atoms with Crippen molar-refractivity contribution in [2.75, 3.05) is 6.26 Å². The molecule has 7 heteroatoms. The summed E-state index contributed by atoms with van der Waals surface area (Å²) >= 11 is 1.09. The molecule has 0 fully saturated rings. The van der Waals surface area contributed by atoms with E-state index in [-0.39, 0.29) is 0 Å². The van der Waals surface area contributed by atoms with E-state index < -0.39 is 34.9 Å². The minimum absolute atomic E-state index is 0.395. The van der Waals surface area contributed by atoms with Gasteiger partial charge in [-0.3, -0.25) is 9.59 Å². The number of hydrogen-bond donors (Lipinski definition) is 1. The van der Waals surface area contributed by atoms with E-state index in [2.05, 4.69) is 5.32 Å². The molecule has 110 valence electrons. The van der Waals surface area contributed by atoms with Crippen LogP contribution in [0.3, 0.4) is 0 Å². The van der Waals surface area contributed by atoms with E-state index in [1.807, 2.05) is 0 Å². The van der Waals surface area contributed by atoms with Gasteiger partial charge in [-0.2, -0.15) is 0 Å². The molecule has 0 saturated heterocycles. The number of carbonyl (C=O) groups excluding carboxylic acids is 3. The summed E-state index contributed by atoms with van der Waals surface area (Å²) in [5, 5.41) is 2.41. The van der Waals surface area contributed by atoms with Crippen LogP contribution >= 0.6 is 11.8 Å². The Balaban J connectivity index is 4.47. The molecule has 0 heterocycles. The quantitative estimate of drug-likeness (QED) is 0.613. The van der Waals surface area contributed by atoms with Crippen LogP contribution in [0, 0.1) is 0 Å². The zero-order valence-electron chi connectivity index (χ0n) is 12.1. The number of nitrogens with one attached hydrogen (secondary N) is 1. The van der Waals surface area contributed by atoms with Crippen molar-refractivity contribution in [3.05, 3.63) is 0 Å². The second kappa shape index (κ2) is 7.37. The number of Topliss-reactive ketones (excluding diaryl/α,β-unsaturated/α-hetero) is 1. The van der Waals surface area contributed by atoms with Gasteiger partial charge in [0.2, 0.25) is 11.2 Å². The zero-order valence-corrected chi connectivity index (χ0v) is 12.9. The predicted molar refractivity (Wildman–Crippen MR) is 72.9 cm³/mol. The van der Waals surface area contributed by atoms with Crippen molar-refractivity contribution in [3.8, 4) is 0 Å². The summed E-state index contributed by atoms with van der Waals surface area (Å²) in [7, 11) is 0. The zero-order chi connectivity index (χ0) is 15.2. The fraction of sp³-hybridized carbons (Fsp3) is 0.750. The number of ketones is 1. The number of hydrogen-bond acceptors (Lipinski definition) is 6. The smallest absolute Gasteiger partial charge is 0.408 e. The Kier molecular flexibility index (Phi) is 6.89. The minimum Gasteiger partial charge on any atom is -0.444 e. The van der Waals surface area contributed by atoms with E-state index in [1.54, 1.807) is 27.0 Å². The van der Waals surface area contributed by atoms with Gasteiger partial charge in [0.25, 0.3) is 0 Å². The van der Waals surface area contributed by atoms with Crippen LogP contribution in [0.1, 0.15) is 34.6 Å². The van der Waals surface area contributed by atoms with Crippen LogP contribution in [0.2, 0.25) is 0 Å². The molecule has 19 heavy (non-hydrogen) atoms. The second-order valence-electron chi connectivity index (χ2n) is 4.95. The Bertz CT molecular complexity index is 351. The molecule has 0 aliphatic heterocycles. The summed E-state index contributed by atoms with van der Waals surface area (Å²) < 4.78 is 9.88. The van der Waals surface area contributed by atoms with Gasteiger partial charge in [-0.15, -0.1) is 11.8 Å². The lowest BCUT2D eigenvalue weighted by Crippen LogP contribution is -2.45. The van der Waals surface area contributed by atoms with E-state index in [0.717, 1.165) is 11.8 Å². The van der Waals surface area contributed by atoms with E-state index >= 15 is 0 Å². The van der Waals surface area contributed by atoms with Crippen molar-refractivity contribution in [1.29, 1.82) is 0 Å². The van der Waals surface area contributed by atoms with Crippen LogP contribution in [-0.2, 0) is 19.1 Å². The van der Waals surface area contributed by atoms with Crippen LogP contribution in [0.5, 0.6) is 0 Å². The highest BCUT2D eigenvalue weighted by atomic mass is 32.2. The van der Waals surface area contributed by atoms with Crippen molar-refractivity contribution >= 4 is 29.6 Å². The number of thioether (sulfide) groups is 1. The molecular formula is C12H21NO5S. The number of ether oxygens (including phenoxy) is 2. The monoisotopic (exact) mass is 291 g/mol. The van der Waals surface area contributed by atoms with Gasteiger partial charge >= 0.3 is 12.1 Å². The number of alkyl carbamates (subject to hydrolysis) is 1. The van der Waals surface area contributed by atoms with Gasteiger partial charge in [-0.1, -0.05) is 0 Å². The summed E-state index contributed by atoms with van der Waals surface area (Å²) in [5.41, 5.74) is -1.57. The third-order valence-electron chi connectivity index (χ3n) is 1.88. The topological polar surface area (TPSA) is 81.7 Å². The molecule has 0 bridgehead atoms. The Labute approximate surface area is 117 Å². The van der Waals surface area contributed by atoms with Gasteiger partial charge in [0.15, 0.2) is 0 Å². The molecule has 0 rings (SSSR count). The lowest BCUT2D eigenvalue weighted by Gasteiger charge is -2.23. The number of rotatable bonds is 5. The van der Waals surface area contributed by atoms with Gasteiger partial charge in [-0.25, -0.2) is 4.79 Å². The van der Waals surface area contributed by atoms with E-state index in [1.165, 1.54) is 13.8 Å². The molecular weight excluding hydrogens is 270 g/mol. The van der Waals surface area contributed by atoms with Gasteiger partial charge in [0, 0.05) is 6.92 Å². The summed E-state index contributed by atoms with van der Waals surface area (Å²) in [6.07, 6.45) is 0.960. The molecule has 0 aromatic rings. The molecule has 0 radical (unpaired) electrons. The lowest BCUT2D eigenvalue weighted by molar-refractivity contribution is -0.148. The first-order valence-corrected chi connectivity index (χ1v) is 7.09. The average molecular weight is 291 g/mol. The van der Waals surface area contributed by atoms with Crippen molar-refractivity contribution in [2.45, 2.75) is 51.7 Å². The maximum absolute atomic E-state index is 11.9. The van der Waals surface area contributed by atoms with Gasteiger partial charge in [-0.05, 0) is 34.0 Å². The van der Waals surface area contributed by atoms with Crippen molar-refractivity contribution < 1.29 is 23.9 Å².